The van der Waals surface area contributed by atoms with Crippen molar-refractivity contribution < 1.29 is 9.53 Å². The van der Waals surface area contributed by atoms with Crippen molar-refractivity contribution in [2.75, 3.05) is 52.5 Å². The molecule has 1 N–H and O–H groups in total. The molecule has 2 fully saturated rings. The molecule has 0 spiro atoms. The van der Waals surface area contributed by atoms with Crippen molar-refractivity contribution in [3.8, 4) is 0 Å². The van der Waals surface area contributed by atoms with Crippen LogP contribution in [0.25, 0.3) is 0 Å². The molecule has 29 heavy (non-hydrogen) atoms. The lowest BCUT2D eigenvalue weighted by atomic mass is 9.95. The van der Waals surface area contributed by atoms with Gasteiger partial charge in [-0.1, -0.05) is 36.8 Å². The van der Waals surface area contributed by atoms with Crippen LogP contribution in [-0.4, -0.2) is 74.1 Å². The summed E-state index contributed by atoms with van der Waals surface area (Å²) in [6, 6.07) is 8.68. The number of nitrogens with zero attached hydrogens (tertiary/aromatic N) is 3. The summed E-state index contributed by atoms with van der Waals surface area (Å²) in [5.41, 5.74) is 2.62. The first kappa shape index (κ1) is 21.6. The van der Waals surface area contributed by atoms with Crippen LogP contribution in [0.1, 0.15) is 43.7 Å². The second-order valence-corrected chi connectivity index (χ2v) is 8.21. The number of hydrogen-bond donors (Lipinski definition) is 1. The van der Waals surface area contributed by atoms with Gasteiger partial charge in [0.1, 0.15) is 0 Å². The molecule has 2 saturated heterocycles. The smallest absolute Gasteiger partial charge is 0.225 e. The molecule has 2 aliphatic heterocycles. The molecule has 160 valence electrons. The van der Waals surface area contributed by atoms with Gasteiger partial charge in [0.25, 0.3) is 0 Å². The molecule has 0 bridgehead atoms. The van der Waals surface area contributed by atoms with Crippen LogP contribution >= 0.6 is 0 Å². The van der Waals surface area contributed by atoms with E-state index in [2.05, 4.69) is 55.3 Å². The highest BCUT2D eigenvalue weighted by Crippen LogP contribution is 2.21. The molecular weight excluding hydrogens is 364 g/mol. The molecule has 6 nitrogen and oxygen atoms in total. The lowest BCUT2D eigenvalue weighted by Crippen LogP contribution is -2.50. The predicted octanol–water partition coefficient (Wildman–Crippen LogP) is 2.63. The van der Waals surface area contributed by atoms with Crippen LogP contribution in [-0.2, 0) is 9.53 Å². The lowest BCUT2D eigenvalue weighted by Gasteiger charge is -2.36. The average Bonchev–Trinajstić information content (AvgIpc) is 2.76. The maximum atomic E-state index is 12.8. The Kier molecular flexibility index (Phi) is 7.92. The molecule has 1 amide bonds. The zero-order chi connectivity index (χ0) is 20.6. The fourth-order valence-corrected chi connectivity index (χ4v) is 4.11. The summed E-state index contributed by atoms with van der Waals surface area (Å²) >= 11 is 0. The third-order valence-electron chi connectivity index (χ3n) is 5.93. The number of rotatable bonds is 5. The number of nitrogens with one attached hydrogen (secondary N) is 1. The predicted molar refractivity (Wildman–Crippen MR) is 117 cm³/mol. The second kappa shape index (κ2) is 10.6. The van der Waals surface area contributed by atoms with E-state index in [1.54, 1.807) is 0 Å². The largest absolute Gasteiger partial charge is 0.378 e. The van der Waals surface area contributed by atoms with Crippen LogP contribution < -0.4 is 5.32 Å². The topological polar surface area (TPSA) is 57.2 Å². The molecule has 0 saturated carbocycles. The molecule has 2 heterocycles. The minimum Gasteiger partial charge on any atom is -0.378 e. The Morgan fingerprint density at radius 2 is 1.93 bits per heavy atom. The molecule has 2 aliphatic rings. The number of aryl methyl sites for hydroxylation is 1. The standard InChI is InChI=1S/C23H36N4O2/c1-4-24-23(25-17-19(3)21-7-5-6-18(2)16-21)27-10-8-20(9-11-27)22(28)26-12-14-29-15-13-26/h5-7,16,19-20H,4,8-15,17H2,1-3H3,(H,24,25). The lowest BCUT2D eigenvalue weighted by molar-refractivity contribution is -0.140. The van der Waals surface area contributed by atoms with Crippen molar-refractivity contribution >= 4 is 11.9 Å². The van der Waals surface area contributed by atoms with Crippen molar-refractivity contribution in [1.29, 1.82) is 0 Å². The monoisotopic (exact) mass is 400 g/mol. The second-order valence-electron chi connectivity index (χ2n) is 8.21. The Labute approximate surface area is 175 Å². The van der Waals surface area contributed by atoms with Gasteiger partial charge in [0.05, 0.1) is 13.2 Å². The van der Waals surface area contributed by atoms with Gasteiger partial charge in [-0.2, -0.15) is 0 Å². The Bertz CT molecular complexity index is 692. The fraction of sp³-hybridized carbons (Fsp3) is 0.652. The van der Waals surface area contributed by atoms with Crippen molar-refractivity contribution in [2.45, 2.75) is 39.5 Å². The van der Waals surface area contributed by atoms with Crippen LogP contribution in [0.4, 0.5) is 0 Å². The molecule has 1 unspecified atom stereocenters. The van der Waals surface area contributed by atoms with Gasteiger partial charge in [-0.3, -0.25) is 9.79 Å². The normalized spacial score (nSPS) is 19.9. The van der Waals surface area contributed by atoms with Gasteiger partial charge in [-0.25, -0.2) is 0 Å². The summed E-state index contributed by atoms with van der Waals surface area (Å²) in [5.74, 6) is 1.80. The van der Waals surface area contributed by atoms with Gasteiger partial charge >= 0.3 is 0 Å². The number of aliphatic imine (C=N–C) groups is 1. The first-order valence-electron chi connectivity index (χ1n) is 11.0. The summed E-state index contributed by atoms with van der Waals surface area (Å²) in [4.78, 5) is 22.0. The molecule has 3 rings (SSSR count). The van der Waals surface area contributed by atoms with E-state index >= 15 is 0 Å². The van der Waals surface area contributed by atoms with Gasteiger partial charge in [-0.05, 0) is 32.3 Å². The Balaban J connectivity index is 1.55. The number of morpholine rings is 1. The maximum absolute atomic E-state index is 12.8. The third kappa shape index (κ3) is 5.95. The summed E-state index contributed by atoms with van der Waals surface area (Å²) in [6.45, 7) is 12.6. The van der Waals surface area contributed by atoms with E-state index in [0.29, 0.717) is 25.0 Å². The van der Waals surface area contributed by atoms with E-state index in [9.17, 15) is 4.79 Å². The molecule has 1 aromatic rings. The van der Waals surface area contributed by atoms with Crippen molar-refractivity contribution in [1.82, 2.24) is 15.1 Å². The molecule has 1 aromatic carbocycles. The summed E-state index contributed by atoms with van der Waals surface area (Å²) < 4.78 is 5.37. The number of likely N-dealkylation sites (tertiary alicyclic amines) is 1. The van der Waals surface area contributed by atoms with Gasteiger partial charge < -0.3 is 19.9 Å². The third-order valence-corrected chi connectivity index (χ3v) is 5.93. The van der Waals surface area contributed by atoms with E-state index in [1.165, 1.54) is 11.1 Å². The molecule has 0 radical (unpaired) electrons. The minimum atomic E-state index is 0.137. The number of carbonyl (C=O) groups is 1. The number of hydrogen-bond acceptors (Lipinski definition) is 3. The molecule has 0 aromatic heterocycles. The van der Waals surface area contributed by atoms with E-state index in [4.69, 9.17) is 9.73 Å². The van der Waals surface area contributed by atoms with Crippen LogP contribution in [0.2, 0.25) is 0 Å². The minimum absolute atomic E-state index is 0.137. The molecule has 6 heteroatoms. The van der Waals surface area contributed by atoms with E-state index in [-0.39, 0.29) is 5.92 Å². The van der Waals surface area contributed by atoms with Crippen LogP contribution in [0.3, 0.4) is 0 Å². The van der Waals surface area contributed by atoms with E-state index in [0.717, 1.165) is 58.1 Å². The van der Waals surface area contributed by atoms with E-state index < -0.39 is 0 Å². The van der Waals surface area contributed by atoms with Crippen molar-refractivity contribution in [2.24, 2.45) is 10.9 Å². The molecule has 0 aliphatic carbocycles. The Hall–Kier alpha value is -2.08. The van der Waals surface area contributed by atoms with Crippen molar-refractivity contribution in [3.05, 3.63) is 35.4 Å². The van der Waals surface area contributed by atoms with Crippen LogP contribution in [0.15, 0.2) is 29.3 Å². The number of benzene rings is 1. The Morgan fingerprint density at radius 3 is 2.59 bits per heavy atom. The van der Waals surface area contributed by atoms with Gasteiger partial charge in [-0.15, -0.1) is 0 Å². The van der Waals surface area contributed by atoms with E-state index in [1.807, 2.05) is 4.90 Å². The van der Waals surface area contributed by atoms with Crippen LogP contribution in [0.5, 0.6) is 0 Å². The number of amides is 1. The zero-order valence-corrected chi connectivity index (χ0v) is 18.2. The molecular formula is C23H36N4O2. The fourth-order valence-electron chi connectivity index (χ4n) is 4.11. The SMILES string of the molecule is CCNC(=NCC(C)c1cccc(C)c1)N1CCC(C(=O)N2CCOCC2)CC1. The average molecular weight is 401 g/mol. The van der Waals surface area contributed by atoms with Crippen LogP contribution in [0, 0.1) is 12.8 Å². The highest BCUT2D eigenvalue weighted by molar-refractivity contribution is 5.82. The number of piperidine rings is 1. The molecule has 1 atom stereocenters. The highest BCUT2D eigenvalue weighted by Gasteiger charge is 2.30. The zero-order valence-electron chi connectivity index (χ0n) is 18.2. The van der Waals surface area contributed by atoms with Gasteiger partial charge in [0, 0.05) is 51.1 Å². The Morgan fingerprint density at radius 1 is 1.21 bits per heavy atom. The summed E-state index contributed by atoms with van der Waals surface area (Å²) in [6.07, 6.45) is 1.79. The summed E-state index contributed by atoms with van der Waals surface area (Å²) in [5, 5.41) is 3.44. The highest BCUT2D eigenvalue weighted by atomic mass is 16.5. The quantitative estimate of drug-likeness (QED) is 0.610. The van der Waals surface area contributed by atoms with Gasteiger partial charge in [0.2, 0.25) is 5.91 Å². The maximum Gasteiger partial charge on any atom is 0.225 e. The van der Waals surface area contributed by atoms with Crippen molar-refractivity contribution in [3.63, 3.8) is 0 Å². The number of carbonyl (C=O) groups excluding carboxylic acids is 1. The summed E-state index contributed by atoms with van der Waals surface area (Å²) in [7, 11) is 0. The first-order valence-corrected chi connectivity index (χ1v) is 11.0. The van der Waals surface area contributed by atoms with Gasteiger partial charge in [0.15, 0.2) is 5.96 Å². The number of ether oxygens (including phenoxy) is 1. The number of guanidine groups is 1. The first-order chi connectivity index (χ1) is 14.1.